The van der Waals surface area contributed by atoms with Crippen LogP contribution in [0.2, 0.25) is 0 Å². The fourth-order valence-corrected chi connectivity index (χ4v) is 3.22. The zero-order valence-corrected chi connectivity index (χ0v) is 17.9. The van der Waals surface area contributed by atoms with Gasteiger partial charge >= 0.3 is 0 Å². The molecule has 0 atom stereocenters. The molecule has 1 aromatic carbocycles. The van der Waals surface area contributed by atoms with E-state index in [2.05, 4.69) is 58.9 Å². The van der Waals surface area contributed by atoms with Crippen molar-refractivity contribution in [1.29, 1.82) is 0 Å². The molecule has 158 valence electrons. The maximum atomic E-state index is 5.80. The SMILES string of the molecule is CN=C(NCCCOCC1CCOCC1)NCCCc1ccc(N(C)C)cc1. The lowest BCUT2D eigenvalue weighted by Crippen LogP contribution is -2.38. The van der Waals surface area contributed by atoms with E-state index in [9.17, 15) is 0 Å². The molecule has 0 amide bonds. The number of guanidine groups is 1. The van der Waals surface area contributed by atoms with Crippen molar-refractivity contribution in [2.45, 2.75) is 32.1 Å². The lowest BCUT2D eigenvalue weighted by molar-refractivity contribution is 0.0203. The van der Waals surface area contributed by atoms with Crippen LogP contribution >= 0.6 is 0 Å². The Morgan fingerprint density at radius 3 is 2.43 bits per heavy atom. The average molecular weight is 391 g/mol. The number of hydrogen-bond donors (Lipinski definition) is 2. The normalized spacial score (nSPS) is 15.5. The quantitative estimate of drug-likeness (QED) is 0.346. The van der Waals surface area contributed by atoms with Crippen LogP contribution in [0.25, 0.3) is 0 Å². The van der Waals surface area contributed by atoms with Gasteiger partial charge < -0.3 is 25.0 Å². The molecular weight excluding hydrogens is 352 g/mol. The molecule has 0 radical (unpaired) electrons. The maximum absolute atomic E-state index is 5.80. The minimum atomic E-state index is 0.676. The van der Waals surface area contributed by atoms with Crippen molar-refractivity contribution in [3.63, 3.8) is 0 Å². The topological polar surface area (TPSA) is 58.1 Å². The Bertz CT molecular complexity index is 554. The van der Waals surface area contributed by atoms with Crippen molar-refractivity contribution in [3.8, 4) is 0 Å². The van der Waals surface area contributed by atoms with Gasteiger partial charge in [-0.2, -0.15) is 0 Å². The summed E-state index contributed by atoms with van der Waals surface area (Å²) >= 11 is 0. The van der Waals surface area contributed by atoms with Gasteiger partial charge in [0.1, 0.15) is 0 Å². The van der Waals surface area contributed by atoms with Gasteiger partial charge in [-0.25, -0.2) is 0 Å². The Morgan fingerprint density at radius 1 is 1.11 bits per heavy atom. The summed E-state index contributed by atoms with van der Waals surface area (Å²) in [5.41, 5.74) is 2.61. The molecule has 1 saturated heterocycles. The van der Waals surface area contributed by atoms with Gasteiger partial charge in [0.05, 0.1) is 0 Å². The average Bonchev–Trinajstić information content (AvgIpc) is 2.73. The van der Waals surface area contributed by atoms with E-state index in [1.54, 1.807) is 0 Å². The summed E-state index contributed by atoms with van der Waals surface area (Å²) in [5, 5.41) is 6.75. The third-order valence-corrected chi connectivity index (χ3v) is 5.06. The summed E-state index contributed by atoms with van der Waals surface area (Å²) in [6.45, 7) is 5.23. The molecule has 1 aliphatic heterocycles. The predicted octanol–water partition coefficient (Wildman–Crippen LogP) is 2.68. The zero-order valence-electron chi connectivity index (χ0n) is 17.9. The fourth-order valence-electron chi connectivity index (χ4n) is 3.22. The number of ether oxygens (including phenoxy) is 2. The van der Waals surface area contributed by atoms with Crippen LogP contribution in [0.15, 0.2) is 29.3 Å². The van der Waals surface area contributed by atoms with E-state index in [-0.39, 0.29) is 0 Å². The zero-order chi connectivity index (χ0) is 20.0. The summed E-state index contributed by atoms with van der Waals surface area (Å²) in [6.07, 6.45) is 5.40. The van der Waals surface area contributed by atoms with Crippen molar-refractivity contribution in [1.82, 2.24) is 10.6 Å². The van der Waals surface area contributed by atoms with Gasteiger partial charge in [-0.3, -0.25) is 4.99 Å². The Kier molecular flexibility index (Phi) is 10.8. The van der Waals surface area contributed by atoms with Crippen LogP contribution in [0.1, 0.15) is 31.2 Å². The smallest absolute Gasteiger partial charge is 0.190 e. The molecule has 2 rings (SSSR count). The van der Waals surface area contributed by atoms with E-state index < -0.39 is 0 Å². The van der Waals surface area contributed by atoms with E-state index in [4.69, 9.17) is 9.47 Å². The predicted molar refractivity (Wildman–Crippen MR) is 117 cm³/mol. The lowest BCUT2D eigenvalue weighted by atomic mass is 10.0. The first-order valence-electron chi connectivity index (χ1n) is 10.6. The highest BCUT2D eigenvalue weighted by atomic mass is 16.5. The molecule has 6 nitrogen and oxygen atoms in total. The minimum Gasteiger partial charge on any atom is -0.381 e. The van der Waals surface area contributed by atoms with Gasteiger partial charge in [0, 0.05) is 66.3 Å². The molecule has 1 heterocycles. The van der Waals surface area contributed by atoms with Crippen molar-refractivity contribution < 1.29 is 9.47 Å². The molecule has 1 aliphatic rings. The van der Waals surface area contributed by atoms with Gasteiger partial charge in [-0.05, 0) is 55.7 Å². The summed E-state index contributed by atoms with van der Waals surface area (Å²) in [7, 11) is 5.95. The van der Waals surface area contributed by atoms with Crippen LogP contribution in [-0.4, -0.2) is 66.6 Å². The molecule has 0 bridgehead atoms. The van der Waals surface area contributed by atoms with E-state index in [1.165, 1.54) is 11.3 Å². The second kappa shape index (κ2) is 13.4. The third-order valence-electron chi connectivity index (χ3n) is 5.06. The minimum absolute atomic E-state index is 0.676. The summed E-state index contributed by atoms with van der Waals surface area (Å²) in [4.78, 5) is 6.41. The van der Waals surface area contributed by atoms with Crippen molar-refractivity contribution >= 4 is 11.6 Å². The summed E-state index contributed by atoms with van der Waals surface area (Å²) < 4.78 is 11.2. The number of anilines is 1. The first-order chi connectivity index (χ1) is 13.7. The molecule has 0 saturated carbocycles. The van der Waals surface area contributed by atoms with E-state index >= 15 is 0 Å². The standard InChI is InChI=1S/C22H38N4O2/c1-23-22(25-14-5-15-28-18-20-11-16-27-17-12-20)24-13-4-6-19-7-9-21(10-8-19)26(2)3/h7-10,20H,4-6,11-18H2,1-3H3,(H2,23,24,25). The van der Waals surface area contributed by atoms with Crippen LogP contribution in [0, 0.1) is 5.92 Å². The molecular formula is C22H38N4O2. The van der Waals surface area contributed by atoms with E-state index in [1.807, 2.05) is 7.05 Å². The number of aryl methyl sites for hydroxylation is 1. The van der Waals surface area contributed by atoms with Crippen LogP contribution in [0.4, 0.5) is 5.69 Å². The fraction of sp³-hybridized carbons (Fsp3) is 0.682. The maximum Gasteiger partial charge on any atom is 0.190 e. The van der Waals surface area contributed by atoms with Crippen molar-refractivity contribution in [2.24, 2.45) is 10.9 Å². The molecule has 6 heteroatoms. The van der Waals surface area contributed by atoms with Crippen LogP contribution in [0.3, 0.4) is 0 Å². The second-order valence-electron chi connectivity index (χ2n) is 7.57. The van der Waals surface area contributed by atoms with Gasteiger partial charge in [-0.1, -0.05) is 12.1 Å². The van der Waals surface area contributed by atoms with Gasteiger partial charge in [0.2, 0.25) is 0 Å². The highest BCUT2D eigenvalue weighted by Gasteiger charge is 2.13. The summed E-state index contributed by atoms with van der Waals surface area (Å²) in [5.74, 6) is 1.54. The third kappa shape index (κ3) is 8.93. The number of hydrogen-bond acceptors (Lipinski definition) is 4. The molecule has 1 fully saturated rings. The van der Waals surface area contributed by atoms with E-state index in [0.29, 0.717) is 5.92 Å². The molecule has 0 aromatic heterocycles. The molecule has 0 unspecified atom stereocenters. The van der Waals surface area contributed by atoms with Gasteiger partial charge in [0.15, 0.2) is 5.96 Å². The first kappa shape index (κ1) is 22.5. The Hall–Kier alpha value is -1.79. The highest BCUT2D eigenvalue weighted by molar-refractivity contribution is 5.79. The molecule has 1 aromatic rings. The lowest BCUT2D eigenvalue weighted by Gasteiger charge is -2.21. The van der Waals surface area contributed by atoms with Crippen molar-refractivity contribution in [3.05, 3.63) is 29.8 Å². The van der Waals surface area contributed by atoms with Crippen LogP contribution in [-0.2, 0) is 15.9 Å². The van der Waals surface area contributed by atoms with Crippen LogP contribution < -0.4 is 15.5 Å². The second-order valence-corrected chi connectivity index (χ2v) is 7.57. The molecule has 2 N–H and O–H groups in total. The number of nitrogens with zero attached hydrogens (tertiary/aromatic N) is 2. The van der Waals surface area contributed by atoms with Crippen LogP contribution in [0.5, 0.6) is 0 Å². The van der Waals surface area contributed by atoms with Gasteiger partial charge in [0.25, 0.3) is 0 Å². The largest absolute Gasteiger partial charge is 0.381 e. The number of aliphatic imine (C=N–C) groups is 1. The number of benzene rings is 1. The highest BCUT2D eigenvalue weighted by Crippen LogP contribution is 2.15. The molecule has 28 heavy (non-hydrogen) atoms. The van der Waals surface area contributed by atoms with E-state index in [0.717, 1.165) is 77.6 Å². The monoisotopic (exact) mass is 390 g/mol. The van der Waals surface area contributed by atoms with Crippen molar-refractivity contribution in [2.75, 3.05) is 65.6 Å². The Labute approximate surface area is 170 Å². The first-order valence-corrected chi connectivity index (χ1v) is 10.6. The summed E-state index contributed by atoms with van der Waals surface area (Å²) in [6, 6.07) is 8.77. The van der Waals surface area contributed by atoms with Gasteiger partial charge in [-0.15, -0.1) is 0 Å². The molecule has 0 spiro atoms. The Balaban J connectivity index is 1.49. The molecule has 0 aliphatic carbocycles. The number of rotatable bonds is 11. The Morgan fingerprint density at radius 2 is 1.79 bits per heavy atom. The number of nitrogens with one attached hydrogen (secondary N) is 2.